The van der Waals surface area contributed by atoms with Crippen molar-refractivity contribution in [2.75, 3.05) is 32.8 Å². The van der Waals surface area contributed by atoms with Crippen LogP contribution in [0.15, 0.2) is 35.2 Å². The molecule has 0 spiro atoms. The second-order valence-corrected chi connectivity index (χ2v) is 8.16. The monoisotopic (exact) mass is 350 g/mol. The van der Waals surface area contributed by atoms with E-state index in [1.165, 1.54) is 0 Å². The SMILES string of the molecule is CC(C)C[C@H](CNC(=O)[C@H](C)Sc1ccccc1)N1CCOCC1. The number of benzene rings is 1. The number of nitrogens with zero attached hydrogens (tertiary/aromatic N) is 1. The van der Waals surface area contributed by atoms with Crippen LogP contribution in [-0.2, 0) is 9.53 Å². The van der Waals surface area contributed by atoms with E-state index >= 15 is 0 Å². The fourth-order valence-corrected chi connectivity index (χ4v) is 3.88. The van der Waals surface area contributed by atoms with Gasteiger partial charge in [-0.1, -0.05) is 32.0 Å². The van der Waals surface area contributed by atoms with E-state index in [0.717, 1.165) is 44.2 Å². The third-order valence-electron chi connectivity index (χ3n) is 4.24. The zero-order chi connectivity index (χ0) is 17.4. The van der Waals surface area contributed by atoms with Gasteiger partial charge < -0.3 is 10.1 Å². The van der Waals surface area contributed by atoms with Crippen LogP contribution < -0.4 is 5.32 Å². The minimum Gasteiger partial charge on any atom is -0.379 e. The fourth-order valence-electron chi connectivity index (χ4n) is 2.97. The number of amides is 1. The van der Waals surface area contributed by atoms with E-state index in [1.54, 1.807) is 11.8 Å². The Bertz CT molecular complexity index is 489. The van der Waals surface area contributed by atoms with Gasteiger partial charge in [-0.25, -0.2) is 0 Å². The maximum absolute atomic E-state index is 12.4. The molecule has 5 heteroatoms. The molecule has 2 atom stereocenters. The molecule has 1 fully saturated rings. The Morgan fingerprint density at radius 3 is 2.50 bits per heavy atom. The first-order valence-electron chi connectivity index (χ1n) is 8.87. The third-order valence-corrected chi connectivity index (χ3v) is 5.35. The molecule has 1 aromatic carbocycles. The summed E-state index contributed by atoms with van der Waals surface area (Å²) in [5.74, 6) is 0.733. The van der Waals surface area contributed by atoms with Crippen molar-refractivity contribution in [2.45, 2.75) is 43.4 Å². The Morgan fingerprint density at radius 1 is 1.21 bits per heavy atom. The largest absolute Gasteiger partial charge is 0.379 e. The lowest BCUT2D eigenvalue weighted by Gasteiger charge is -2.35. The first-order chi connectivity index (χ1) is 11.6. The fraction of sp³-hybridized carbons (Fsp3) is 0.632. The van der Waals surface area contributed by atoms with Crippen LogP contribution >= 0.6 is 11.8 Å². The molecule has 0 aromatic heterocycles. The van der Waals surface area contributed by atoms with Crippen LogP contribution in [0.2, 0.25) is 0 Å². The van der Waals surface area contributed by atoms with Crippen LogP contribution in [0.1, 0.15) is 27.2 Å². The highest BCUT2D eigenvalue weighted by molar-refractivity contribution is 8.00. The zero-order valence-electron chi connectivity index (χ0n) is 15.0. The maximum atomic E-state index is 12.4. The summed E-state index contributed by atoms with van der Waals surface area (Å²) in [6.45, 7) is 10.7. The average molecular weight is 351 g/mol. The number of hydrogen-bond donors (Lipinski definition) is 1. The third kappa shape index (κ3) is 6.46. The quantitative estimate of drug-likeness (QED) is 0.732. The topological polar surface area (TPSA) is 41.6 Å². The summed E-state index contributed by atoms with van der Waals surface area (Å²) in [6.07, 6.45) is 1.10. The van der Waals surface area contributed by atoms with Crippen molar-refractivity contribution in [2.24, 2.45) is 5.92 Å². The summed E-state index contributed by atoms with van der Waals surface area (Å²) in [5, 5.41) is 3.08. The summed E-state index contributed by atoms with van der Waals surface area (Å²) in [6, 6.07) is 10.5. The van der Waals surface area contributed by atoms with Gasteiger partial charge in [-0.2, -0.15) is 0 Å². The lowest BCUT2D eigenvalue weighted by molar-refractivity contribution is -0.120. The molecule has 134 valence electrons. The normalized spacial score (nSPS) is 18.3. The van der Waals surface area contributed by atoms with E-state index in [1.807, 2.05) is 37.3 Å². The van der Waals surface area contributed by atoms with Crippen molar-refractivity contribution in [3.8, 4) is 0 Å². The van der Waals surface area contributed by atoms with Gasteiger partial charge in [-0.15, -0.1) is 11.8 Å². The Kier molecular flexibility index (Phi) is 8.09. The van der Waals surface area contributed by atoms with Gasteiger partial charge in [0, 0.05) is 30.6 Å². The molecule has 24 heavy (non-hydrogen) atoms. The average Bonchev–Trinajstić information content (AvgIpc) is 2.59. The molecule has 1 aliphatic rings. The number of hydrogen-bond acceptors (Lipinski definition) is 4. The number of morpholine rings is 1. The minimum atomic E-state index is -0.0863. The Morgan fingerprint density at radius 2 is 1.88 bits per heavy atom. The van der Waals surface area contributed by atoms with Crippen molar-refractivity contribution in [3.05, 3.63) is 30.3 Å². The molecule has 0 unspecified atom stereocenters. The predicted molar refractivity (Wildman–Crippen MR) is 100 cm³/mol. The van der Waals surface area contributed by atoms with Gasteiger partial charge in [0.1, 0.15) is 0 Å². The summed E-state index contributed by atoms with van der Waals surface area (Å²) in [4.78, 5) is 16.0. The van der Waals surface area contributed by atoms with Crippen molar-refractivity contribution in [1.29, 1.82) is 0 Å². The van der Waals surface area contributed by atoms with Gasteiger partial charge in [0.05, 0.1) is 18.5 Å². The van der Waals surface area contributed by atoms with Crippen LogP contribution in [0.3, 0.4) is 0 Å². The summed E-state index contributed by atoms with van der Waals surface area (Å²) in [7, 11) is 0. The molecule has 2 rings (SSSR count). The van der Waals surface area contributed by atoms with Gasteiger partial charge in [-0.05, 0) is 31.4 Å². The predicted octanol–water partition coefficient (Wildman–Crippen LogP) is 3.03. The Hall–Kier alpha value is -1.04. The zero-order valence-corrected chi connectivity index (χ0v) is 15.8. The first kappa shape index (κ1) is 19.3. The van der Waals surface area contributed by atoms with E-state index in [9.17, 15) is 4.79 Å². The molecule has 1 saturated heterocycles. The Balaban J connectivity index is 1.84. The van der Waals surface area contributed by atoms with Crippen LogP contribution in [0.25, 0.3) is 0 Å². The highest BCUT2D eigenvalue weighted by atomic mass is 32.2. The van der Waals surface area contributed by atoms with E-state index in [2.05, 4.69) is 24.1 Å². The number of rotatable bonds is 8. The van der Waals surface area contributed by atoms with Crippen molar-refractivity contribution in [1.82, 2.24) is 10.2 Å². The molecule has 1 heterocycles. The number of carbonyl (C=O) groups excluding carboxylic acids is 1. The standard InChI is InChI=1S/C19H30N2O2S/c1-15(2)13-17(21-9-11-23-12-10-21)14-20-19(22)16(3)24-18-7-5-4-6-8-18/h4-8,15-17H,9-14H2,1-3H3,(H,20,22)/t16-,17+/m0/s1. The molecule has 1 aromatic rings. The van der Waals surface area contributed by atoms with Gasteiger partial charge in [0.15, 0.2) is 0 Å². The molecule has 4 nitrogen and oxygen atoms in total. The van der Waals surface area contributed by atoms with Crippen molar-refractivity contribution < 1.29 is 9.53 Å². The molecule has 1 N–H and O–H groups in total. The molecular weight excluding hydrogens is 320 g/mol. The molecule has 0 radical (unpaired) electrons. The molecular formula is C19H30N2O2S. The minimum absolute atomic E-state index is 0.0863. The van der Waals surface area contributed by atoms with Gasteiger partial charge in [0.2, 0.25) is 5.91 Å². The van der Waals surface area contributed by atoms with E-state index in [0.29, 0.717) is 12.0 Å². The van der Waals surface area contributed by atoms with Gasteiger partial charge in [0.25, 0.3) is 0 Å². The molecule has 0 saturated carbocycles. The van der Waals surface area contributed by atoms with Crippen molar-refractivity contribution >= 4 is 17.7 Å². The maximum Gasteiger partial charge on any atom is 0.233 e. The van der Waals surface area contributed by atoms with Gasteiger partial charge in [-0.3, -0.25) is 9.69 Å². The smallest absolute Gasteiger partial charge is 0.233 e. The van der Waals surface area contributed by atoms with E-state index in [-0.39, 0.29) is 11.2 Å². The lowest BCUT2D eigenvalue weighted by Crippen LogP contribution is -2.50. The summed E-state index contributed by atoms with van der Waals surface area (Å²) < 4.78 is 5.45. The second-order valence-electron chi connectivity index (χ2n) is 6.75. The number of nitrogens with one attached hydrogen (secondary N) is 1. The van der Waals surface area contributed by atoms with Crippen LogP contribution in [-0.4, -0.2) is 54.9 Å². The molecule has 0 aliphatic carbocycles. The highest BCUT2D eigenvalue weighted by Crippen LogP contribution is 2.22. The van der Waals surface area contributed by atoms with E-state index in [4.69, 9.17) is 4.74 Å². The number of carbonyl (C=O) groups is 1. The lowest BCUT2D eigenvalue weighted by atomic mass is 10.0. The van der Waals surface area contributed by atoms with Crippen LogP contribution in [0, 0.1) is 5.92 Å². The summed E-state index contributed by atoms with van der Waals surface area (Å²) in [5.41, 5.74) is 0. The number of thioether (sulfide) groups is 1. The van der Waals surface area contributed by atoms with Crippen LogP contribution in [0.4, 0.5) is 0 Å². The highest BCUT2D eigenvalue weighted by Gasteiger charge is 2.23. The molecule has 1 aliphatic heterocycles. The second kappa shape index (κ2) is 10.1. The Labute approximate surface area is 150 Å². The van der Waals surface area contributed by atoms with Gasteiger partial charge >= 0.3 is 0 Å². The molecule has 0 bridgehead atoms. The van der Waals surface area contributed by atoms with Crippen LogP contribution in [0.5, 0.6) is 0 Å². The molecule has 1 amide bonds. The van der Waals surface area contributed by atoms with Crippen molar-refractivity contribution in [3.63, 3.8) is 0 Å². The number of ether oxygens (including phenoxy) is 1. The van der Waals surface area contributed by atoms with E-state index < -0.39 is 0 Å². The first-order valence-corrected chi connectivity index (χ1v) is 9.75. The summed E-state index contributed by atoms with van der Waals surface area (Å²) >= 11 is 1.61.